The maximum absolute atomic E-state index is 12.7. The van der Waals surface area contributed by atoms with Crippen molar-refractivity contribution in [1.29, 1.82) is 5.26 Å². The van der Waals surface area contributed by atoms with Crippen LogP contribution < -0.4 is 9.64 Å². The number of fused-ring (bicyclic) bond motifs is 1. The van der Waals surface area contributed by atoms with E-state index in [0.29, 0.717) is 23.1 Å². The van der Waals surface area contributed by atoms with E-state index in [4.69, 9.17) is 10.00 Å². The van der Waals surface area contributed by atoms with Crippen LogP contribution in [0.2, 0.25) is 0 Å². The summed E-state index contributed by atoms with van der Waals surface area (Å²) in [4.78, 5) is 6.40. The monoisotopic (exact) mass is 401 g/mol. The Morgan fingerprint density at radius 3 is 2.50 bits per heavy atom. The zero-order valence-electron chi connectivity index (χ0n) is 14.5. The third-order valence-electron chi connectivity index (χ3n) is 4.52. The number of nitrogens with zero attached hydrogens (tertiary/aromatic N) is 3. The van der Waals surface area contributed by atoms with E-state index in [1.165, 1.54) is 29.0 Å². The lowest BCUT2D eigenvalue weighted by atomic mass is 9.99. The standard InChI is InChI=1S/C20H14F3N3OS/c21-20(22,23)15-2-5-16(6-3-15)27-17-4-1-13-7-8-26(11-14(13)9-17)18-12-28-19(10-24)25-18/h1-6,9,12H,7-8,11H2. The molecule has 4 nitrogen and oxygen atoms in total. The third kappa shape index (κ3) is 3.80. The Bertz CT molecular complexity index is 1040. The van der Waals surface area contributed by atoms with Crippen molar-refractivity contribution in [2.75, 3.05) is 11.4 Å². The molecular weight excluding hydrogens is 387 g/mol. The van der Waals surface area contributed by atoms with Crippen LogP contribution in [0.4, 0.5) is 19.0 Å². The predicted octanol–water partition coefficient (Wildman–Crippen LogP) is 5.39. The molecule has 0 bridgehead atoms. The van der Waals surface area contributed by atoms with Gasteiger partial charge in [-0.25, -0.2) is 4.98 Å². The molecule has 0 radical (unpaired) electrons. The minimum Gasteiger partial charge on any atom is -0.457 e. The Morgan fingerprint density at radius 2 is 1.82 bits per heavy atom. The fraction of sp³-hybridized carbons (Fsp3) is 0.200. The van der Waals surface area contributed by atoms with Crippen molar-refractivity contribution in [3.8, 4) is 17.6 Å². The molecule has 8 heteroatoms. The summed E-state index contributed by atoms with van der Waals surface area (Å²) in [7, 11) is 0. The Labute approximate surface area is 163 Å². The van der Waals surface area contributed by atoms with Gasteiger partial charge in [0.25, 0.3) is 0 Å². The van der Waals surface area contributed by atoms with Gasteiger partial charge >= 0.3 is 6.18 Å². The number of thiazole rings is 1. The number of nitriles is 1. The van der Waals surface area contributed by atoms with E-state index in [2.05, 4.69) is 9.88 Å². The number of benzene rings is 2. The van der Waals surface area contributed by atoms with E-state index < -0.39 is 11.7 Å². The summed E-state index contributed by atoms with van der Waals surface area (Å²) in [5.74, 6) is 1.69. The Balaban J connectivity index is 1.51. The van der Waals surface area contributed by atoms with E-state index in [-0.39, 0.29) is 0 Å². The normalized spacial score (nSPS) is 13.7. The molecule has 4 rings (SSSR count). The summed E-state index contributed by atoms with van der Waals surface area (Å²) in [5, 5.41) is 11.2. The highest BCUT2D eigenvalue weighted by molar-refractivity contribution is 7.10. The van der Waals surface area contributed by atoms with Crippen LogP contribution in [0.25, 0.3) is 0 Å². The Hall–Kier alpha value is -3.05. The molecule has 2 aromatic carbocycles. The smallest absolute Gasteiger partial charge is 0.416 e. The number of anilines is 1. The van der Waals surface area contributed by atoms with Gasteiger partial charge in [0, 0.05) is 18.5 Å². The lowest BCUT2D eigenvalue weighted by Gasteiger charge is -2.29. The van der Waals surface area contributed by atoms with Crippen molar-refractivity contribution in [3.63, 3.8) is 0 Å². The van der Waals surface area contributed by atoms with Crippen molar-refractivity contribution in [1.82, 2.24) is 4.98 Å². The van der Waals surface area contributed by atoms with Gasteiger partial charge in [-0.3, -0.25) is 0 Å². The van der Waals surface area contributed by atoms with Crippen LogP contribution in [-0.2, 0) is 19.1 Å². The molecule has 2 heterocycles. The first-order chi connectivity index (χ1) is 13.4. The molecule has 0 saturated heterocycles. The van der Waals surface area contributed by atoms with Crippen LogP contribution in [0.15, 0.2) is 47.8 Å². The van der Waals surface area contributed by atoms with Gasteiger partial charge in [-0.1, -0.05) is 6.07 Å². The van der Waals surface area contributed by atoms with Gasteiger partial charge in [-0.05, 0) is 53.9 Å². The number of hydrogen-bond donors (Lipinski definition) is 0. The number of halogens is 3. The number of rotatable bonds is 3. The highest BCUT2D eigenvalue weighted by Crippen LogP contribution is 2.33. The molecule has 0 spiro atoms. The number of ether oxygens (including phenoxy) is 1. The van der Waals surface area contributed by atoms with Crippen molar-refractivity contribution < 1.29 is 17.9 Å². The second-order valence-electron chi connectivity index (χ2n) is 6.35. The quantitative estimate of drug-likeness (QED) is 0.591. The summed E-state index contributed by atoms with van der Waals surface area (Å²) in [6.07, 6.45) is -3.52. The average Bonchev–Trinajstić information content (AvgIpc) is 3.16. The zero-order chi connectivity index (χ0) is 19.7. The first-order valence-electron chi connectivity index (χ1n) is 8.50. The topological polar surface area (TPSA) is 49.2 Å². The summed E-state index contributed by atoms with van der Waals surface area (Å²) in [6, 6.07) is 12.4. The molecular formula is C20H14F3N3OS. The minimum absolute atomic E-state index is 0.346. The first kappa shape index (κ1) is 18.3. The van der Waals surface area contributed by atoms with Crippen molar-refractivity contribution in [3.05, 3.63) is 69.5 Å². The van der Waals surface area contributed by atoms with Crippen molar-refractivity contribution in [2.45, 2.75) is 19.1 Å². The van der Waals surface area contributed by atoms with Crippen LogP contribution in [0.1, 0.15) is 21.7 Å². The van der Waals surface area contributed by atoms with Crippen LogP contribution in [0.5, 0.6) is 11.5 Å². The fourth-order valence-corrected chi connectivity index (χ4v) is 3.72. The van der Waals surface area contributed by atoms with E-state index in [0.717, 1.165) is 36.5 Å². The molecule has 0 atom stereocenters. The molecule has 142 valence electrons. The molecule has 1 aromatic heterocycles. The highest BCUT2D eigenvalue weighted by Gasteiger charge is 2.30. The molecule has 0 fully saturated rings. The average molecular weight is 401 g/mol. The molecule has 28 heavy (non-hydrogen) atoms. The largest absolute Gasteiger partial charge is 0.457 e. The van der Waals surface area contributed by atoms with E-state index in [1.54, 1.807) is 0 Å². The Kier molecular flexibility index (Phi) is 4.69. The van der Waals surface area contributed by atoms with Gasteiger partial charge in [0.2, 0.25) is 0 Å². The molecule has 0 aliphatic carbocycles. The lowest BCUT2D eigenvalue weighted by molar-refractivity contribution is -0.137. The van der Waals surface area contributed by atoms with Crippen molar-refractivity contribution >= 4 is 17.2 Å². The van der Waals surface area contributed by atoms with Crippen molar-refractivity contribution in [2.24, 2.45) is 0 Å². The Morgan fingerprint density at radius 1 is 1.07 bits per heavy atom. The zero-order valence-corrected chi connectivity index (χ0v) is 15.3. The van der Waals surface area contributed by atoms with Gasteiger partial charge in [-0.2, -0.15) is 18.4 Å². The number of aromatic nitrogens is 1. The second kappa shape index (κ2) is 7.17. The summed E-state index contributed by atoms with van der Waals surface area (Å²) >= 11 is 1.31. The minimum atomic E-state index is -4.37. The van der Waals surface area contributed by atoms with Gasteiger partial charge in [0.1, 0.15) is 23.4 Å². The molecule has 1 aliphatic rings. The maximum atomic E-state index is 12.7. The summed E-state index contributed by atoms with van der Waals surface area (Å²) < 4.78 is 43.7. The van der Waals surface area contributed by atoms with Gasteiger partial charge in [0.15, 0.2) is 5.01 Å². The van der Waals surface area contributed by atoms with E-state index >= 15 is 0 Å². The SMILES string of the molecule is N#Cc1nc(N2CCc3ccc(Oc4ccc(C(F)(F)F)cc4)cc3C2)cs1. The summed E-state index contributed by atoms with van der Waals surface area (Å²) in [5.41, 5.74) is 1.56. The van der Waals surface area contributed by atoms with Crippen LogP contribution in [-0.4, -0.2) is 11.5 Å². The van der Waals surface area contributed by atoms with Crippen LogP contribution in [0.3, 0.4) is 0 Å². The van der Waals surface area contributed by atoms with E-state index in [9.17, 15) is 13.2 Å². The number of hydrogen-bond acceptors (Lipinski definition) is 5. The molecule has 0 amide bonds. The second-order valence-corrected chi connectivity index (χ2v) is 7.21. The van der Waals surface area contributed by atoms with Crippen LogP contribution >= 0.6 is 11.3 Å². The lowest BCUT2D eigenvalue weighted by Crippen LogP contribution is -2.30. The molecule has 1 aliphatic heterocycles. The number of alkyl halides is 3. The van der Waals surface area contributed by atoms with Gasteiger partial charge < -0.3 is 9.64 Å². The predicted molar refractivity (Wildman–Crippen MR) is 99.5 cm³/mol. The first-order valence-corrected chi connectivity index (χ1v) is 9.38. The van der Waals surface area contributed by atoms with Gasteiger partial charge in [0.05, 0.1) is 5.56 Å². The highest BCUT2D eigenvalue weighted by atomic mass is 32.1. The van der Waals surface area contributed by atoms with Gasteiger partial charge in [-0.15, -0.1) is 11.3 Å². The third-order valence-corrected chi connectivity index (χ3v) is 5.25. The maximum Gasteiger partial charge on any atom is 0.416 e. The molecule has 0 saturated carbocycles. The van der Waals surface area contributed by atoms with Crippen LogP contribution in [0, 0.1) is 11.3 Å². The molecule has 0 N–H and O–H groups in total. The molecule has 3 aromatic rings. The molecule has 0 unspecified atom stereocenters. The summed E-state index contributed by atoms with van der Waals surface area (Å²) in [6.45, 7) is 1.44. The van der Waals surface area contributed by atoms with E-state index in [1.807, 2.05) is 29.6 Å². The fourth-order valence-electron chi connectivity index (χ4n) is 3.10.